The monoisotopic (exact) mass is 321 g/mol. The minimum atomic E-state index is -0.0300. The number of carbonyl (C=O) groups excluding carboxylic acids is 1. The van der Waals surface area contributed by atoms with Crippen LogP contribution in [0.5, 0.6) is 0 Å². The number of aromatic nitrogens is 2. The minimum Gasteiger partial charge on any atom is -0.352 e. The first-order valence-electron chi connectivity index (χ1n) is 5.07. The Kier molecular flexibility index (Phi) is 5.67. The summed E-state index contributed by atoms with van der Waals surface area (Å²) in [5.74, 6) is -0.0300. The van der Waals surface area contributed by atoms with Gasteiger partial charge in [0.15, 0.2) is 0 Å². The second-order valence-corrected chi connectivity index (χ2v) is 4.49. The normalized spacial score (nSPS) is 10.3. The first-order chi connectivity index (χ1) is 7.24. The number of alkyl halides is 1. The summed E-state index contributed by atoms with van der Waals surface area (Å²) in [6, 6.07) is 0. The van der Waals surface area contributed by atoms with Gasteiger partial charge in [-0.05, 0) is 17.3 Å². The number of carbonyl (C=O) groups is 1. The number of hydrogen-bond acceptors (Lipinski definition) is 2. The molecule has 1 N–H and O–H groups in total. The molecule has 84 valence electrons. The van der Waals surface area contributed by atoms with Crippen molar-refractivity contribution in [2.75, 3.05) is 11.0 Å². The van der Waals surface area contributed by atoms with Crippen molar-refractivity contribution in [1.29, 1.82) is 0 Å². The SMILES string of the molecule is Cn1cc(C(=O)NCCCCCI)cn1. The highest BCUT2D eigenvalue weighted by Crippen LogP contribution is 1.99. The van der Waals surface area contributed by atoms with Gasteiger partial charge < -0.3 is 5.32 Å². The Balaban J connectivity index is 2.19. The van der Waals surface area contributed by atoms with Gasteiger partial charge in [-0.3, -0.25) is 9.48 Å². The molecule has 0 aliphatic rings. The third-order valence-electron chi connectivity index (χ3n) is 2.06. The number of nitrogens with zero attached hydrogens (tertiary/aromatic N) is 2. The van der Waals surface area contributed by atoms with Crippen LogP contribution in [-0.2, 0) is 7.05 Å². The molecule has 0 aromatic carbocycles. The van der Waals surface area contributed by atoms with Crippen LogP contribution < -0.4 is 5.32 Å². The standard InChI is InChI=1S/C10H16IN3O/c1-14-8-9(7-13-14)10(15)12-6-4-2-3-5-11/h7-8H,2-6H2,1H3,(H,12,15). The molecule has 1 amide bonds. The Morgan fingerprint density at radius 3 is 2.93 bits per heavy atom. The smallest absolute Gasteiger partial charge is 0.254 e. The Morgan fingerprint density at radius 1 is 1.53 bits per heavy atom. The molecular weight excluding hydrogens is 305 g/mol. The van der Waals surface area contributed by atoms with Crippen LogP contribution in [-0.4, -0.2) is 26.7 Å². The van der Waals surface area contributed by atoms with E-state index in [1.807, 2.05) is 0 Å². The molecule has 0 saturated heterocycles. The Morgan fingerprint density at radius 2 is 2.33 bits per heavy atom. The molecule has 15 heavy (non-hydrogen) atoms. The highest BCUT2D eigenvalue weighted by molar-refractivity contribution is 14.1. The maximum Gasteiger partial charge on any atom is 0.254 e. The molecule has 1 rings (SSSR count). The molecular formula is C10H16IN3O. The summed E-state index contributed by atoms with van der Waals surface area (Å²) in [5.41, 5.74) is 0.631. The lowest BCUT2D eigenvalue weighted by atomic mass is 10.2. The number of aryl methyl sites for hydroxylation is 1. The van der Waals surface area contributed by atoms with E-state index in [1.165, 1.54) is 17.3 Å². The summed E-state index contributed by atoms with van der Waals surface area (Å²) in [5, 5.41) is 6.83. The summed E-state index contributed by atoms with van der Waals surface area (Å²) in [7, 11) is 1.80. The first-order valence-corrected chi connectivity index (χ1v) is 6.59. The topological polar surface area (TPSA) is 46.9 Å². The molecule has 4 nitrogen and oxygen atoms in total. The number of halogens is 1. The lowest BCUT2D eigenvalue weighted by molar-refractivity contribution is 0.0953. The van der Waals surface area contributed by atoms with Gasteiger partial charge in [0, 0.05) is 19.8 Å². The van der Waals surface area contributed by atoms with Crippen LogP contribution in [0.15, 0.2) is 12.4 Å². The van der Waals surface area contributed by atoms with Crippen LogP contribution in [0.2, 0.25) is 0 Å². The molecule has 0 atom stereocenters. The van der Waals surface area contributed by atoms with E-state index in [9.17, 15) is 4.79 Å². The number of unbranched alkanes of at least 4 members (excludes halogenated alkanes) is 2. The molecule has 0 spiro atoms. The zero-order valence-corrected chi connectivity index (χ0v) is 11.0. The molecule has 1 aromatic rings. The highest BCUT2D eigenvalue weighted by atomic mass is 127. The van der Waals surface area contributed by atoms with Crippen molar-refractivity contribution in [3.63, 3.8) is 0 Å². The van der Waals surface area contributed by atoms with E-state index < -0.39 is 0 Å². The van der Waals surface area contributed by atoms with Crippen LogP contribution >= 0.6 is 22.6 Å². The fourth-order valence-corrected chi connectivity index (χ4v) is 1.78. The van der Waals surface area contributed by atoms with Gasteiger partial charge in [0.1, 0.15) is 0 Å². The van der Waals surface area contributed by atoms with Gasteiger partial charge in [-0.25, -0.2) is 0 Å². The fraction of sp³-hybridized carbons (Fsp3) is 0.600. The van der Waals surface area contributed by atoms with Crippen LogP contribution in [0.4, 0.5) is 0 Å². The molecule has 0 fully saturated rings. The molecule has 1 heterocycles. The number of hydrogen-bond donors (Lipinski definition) is 1. The molecule has 0 aliphatic heterocycles. The first kappa shape index (κ1) is 12.5. The van der Waals surface area contributed by atoms with Gasteiger partial charge >= 0.3 is 0 Å². The number of rotatable bonds is 6. The number of amides is 1. The van der Waals surface area contributed by atoms with E-state index in [0.717, 1.165) is 13.0 Å². The molecule has 1 aromatic heterocycles. The third kappa shape index (κ3) is 4.63. The third-order valence-corrected chi connectivity index (χ3v) is 2.83. The maximum atomic E-state index is 11.5. The van der Waals surface area contributed by atoms with Gasteiger partial charge in [0.2, 0.25) is 0 Å². The Labute approximate surface area is 104 Å². The van der Waals surface area contributed by atoms with E-state index in [2.05, 4.69) is 33.0 Å². The summed E-state index contributed by atoms with van der Waals surface area (Å²) in [6.45, 7) is 0.754. The Hall–Kier alpha value is -0.590. The Bertz CT molecular complexity index is 311. The predicted molar refractivity (Wildman–Crippen MR) is 68.3 cm³/mol. The quantitative estimate of drug-likeness (QED) is 0.493. The maximum absolute atomic E-state index is 11.5. The second-order valence-electron chi connectivity index (χ2n) is 3.41. The van der Waals surface area contributed by atoms with Crippen molar-refractivity contribution in [2.45, 2.75) is 19.3 Å². The van der Waals surface area contributed by atoms with E-state index in [-0.39, 0.29) is 5.91 Å². The van der Waals surface area contributed by atoms with Crippen molar-refractivity contribution < 1.29 is 4.79 Å². The van der Waals surface area contributed by atoms with Gasteiger partial charge in [-0.1, -0.05) is 29.0 Å². The number of nitrogens with one attached hydrogen (secondary N) is 1. The molecule has 0 unspecified atom stereocenters. The molecule has 0 saturated carbocycles. The fourth-order valence-electron chi connectivity index (χ4n) is 1.24. The average Bonchev–Trinajstić information content (AvgIpc) is 2.64. The largest absolute Gasteiger partial charge is 0.352 e. The second kappa shape index (κ2) is 6.81. The van der Waals surface area contributed by atoms with E-state index in [1.54, 1.807) is 24.1 Å². The van der Waals surface area contributed by atoms with E-state index in [4.69, 9.17) is 0 Å². The van der Waals surface area contributed by atoms with Crippen molar-refractivity contribution >= 4 is 28.5 Å². The van der Waals surface area contributed by atoms with Crippen molar-refractivity contribution in [1.82, 2.24) is 15.1 Å². The zero-order chi connectivity index (χ0) is 11.1. The molecule has 0 bridgehead atoms. The van der Waals surface area contributed by atoms with Gasteiger partial charge in [-0.2, -0.15) is 5.10 Å². The lowest BCUT2D eigenvalue weighted by Crippen LogP contribution is -2.24. The van der Waals surface area contributed by atoms with Gasteiger partial charge in [0.25, 0.3) is 5.91 Å². The lowest BCUT2D eigenvalue weighted by Gasteiger charge is -2.02. The summed E-state index contributed by atoms with van der Waals surface area (Å²) in [4.78, 5) is 11.5. The molecule has 0 aliphatic carbocycles. The minimum absolute atomic E-state index is 0.0300. The predicted octanol–water partition coefficient (Wildman–Crippen LogP) is 1.76. The van der Waals surface area contributed by atoms with Crippen LogP contribution in [0.1, 0.15) is 29.6 Å². The van der Waals surface area contributed by atoms with Gasteiger partial charge in [0.05, 0.1) is 11.8 Å². The van der Waals surface area contributed by atoms with E-state index >= 15 is 0 Å². The van der Waals surface area contributed by atoms with Crippen molar-refractivity contribution in [3.8, 4) is 0 Å². The van der Waals surface area contributed by atoms with Crippen LogP contribution in [0.3, 0.4) is 0 Å². The van der Waals surface area contributed by atoms with Crippen molar-refractivity contribution in [2.24, 2.45) is 7.05 Å². The van der Waals surface area contributed by atoms with Crippen LogP contribution in [0.25, 0.3) is 0 Å². The van der Waals surface area contributed by atoms with E-state index in [0.29, 0.717) is 5.56 Å². The zero-order valence-electron chi connectivity index (χ0n) is 8.87. The van der Waals surface area contributed by atoms with Crippen molar-refractivity contribution in [3.05, 3.63) is 18.0 Å². The highest BCUT2D eigenvalue weighted by Gasteiger charge is 2.05. The van der Waals surface area contributed by atoms with Crippen LogP contribution in [0, 0.1) is 0 Å². The average molecular weight is 321 g/mol. The molecule has 0 radical (unpaired) electrons. The molecule has 5 heteroatoms. The summed E-state index contributed by atoms with van der Waals surface area (Å²) >= 11 is 2.37. The van der Waals surface area contributed by atoms with Gasteiger partial charge in [-0.15, -0.1) is 0 Å². The summed E-state index contributed by atoms with van der Waals surface area (Å²) in [6.07, 6.45) is 6.76. The summed E-state index contributed by atoms with van der Waals surface area (Å²) < 4.78 is 2.82.